The van der Waals surface area contributed by atoms with Crippen molar-refractivity contribution >= 4 is 11.5 Å². The minimum absolute atomic E-state index is 0.00960. The van der Waals surface area contributed by atoms with Gasteiger partial charge in [-0.05, 0) is 6.07 Å². The van der Waals surface area contributed by atoms with Crippen LogP contribution < -0.4 is 11.1 Å². The summed E-state index contributed by atoms with van der Waals surface area (Å²) >= 11 is 0. The minimum atomic E-state index is -0.158. The molecule has 0 aliphatic rings. The van der Waals surface area contributed by atoms with Crippen molar-refractivity contribution in [1.29, 1.82) is 0 Å². The quantitative estimate of drug-likeness (QED) is 0.623. The lowest BCUT2D eigenvalue weighted by molar-refractivity contribution is 0.153. The van der Waals surface area contributed by atoms with Gasteiger partial charge in [0.05, 0.1) is 19.3 Å². The zero-order valence-corrected chi connectivity index (χ0v) is 8.10. The van der Waals surface area contributed by atoms with Crippen LogP contribution in [0, 0.1) is 0 Å². The van der Waals surface area contributed by atoms with Crippen molar-refractivity contribution < 1.29 is 9.84 Å². The molecule has 5 nitrogen and oxygen atoms in total. The van der Waals surface area contributed by atoms with Gasteiger partial charge in [-0.25, -0.2) is 4.98 Å². The SMILES string of the molecule is COCC(CO)Nc1cc(N)ccn1. The van der Waals surface area contributed by atoms with E-state index in [1.807, 2.05) is 0 Å². The molecule has 1 aromatic rings. The molecule has 0 aromatic carbocycles. The summed E-state index contributed by atoms with van der Waals surface area (Å²) < 4.78 is 4.92. The van der Waals surface area contributed by atoms with Gasteiger partial charge in [0, 0.05) is 25.1 Å². The fourth-order valence-corrected chi connectivity index (χ4v) is 1.08. The van der Waals surface area contributed by atoms with E-state index in [0.717, 1.165) is 0 Å². The number of methoxy groups -OCH3 is 1. The van der Waals surface area contributed by atoms with E-state index in [0.29, 0.717) is 18.1 Å². The van der Waals surface area contributed by atoms with Crippen molar-refractivity contribution in [1.82, 2.24) is 4.98 Å². The van der Waals surface area contributed by atoms with Crippen LogP contribution in [0.25, 0.3) is 0 Å². The van der Waals surface area contributed by atoms with Crippen molar-refractivity contribution in [3.8, 4) is 0 Å². The van der Waals surface area contributed by atoms with E-state index in [9.17, 15) is 0 Å². The van der Waals surface area contributed by atoms with Gasteiger partial charge in [0.25, 0.3) is 0 Å². The molecule has 1 rings (SSSR count). The van der Waals surface area contributed by atoms with Crippen LogP contribution in [0.5, 0.6) is 0 Å². The summed E-state index contributed by atoms with van der Waals surface area (Å²) in [5.41, 5.74) is 6.21. The highest BCUT2D eigenvalue weighted by atomic mass is 16.5. The Hall–Kier alpha value is -1.33. The second-order valence-corrected chi connectivity index (χ2v) is 2.95. The Morgan fingerprint density at radius 2 is 2.50 bits per heavy atom. The van der Waals surface area contributed by atoms with Crippen LogP contribution >= 0.6 is 0 Å². The summed E-state index contributed by atoms with van der Waals surface area (Å²) in [5.74, 6) is 0.640. The molecule has 0 aliphatic heterocycles. The zero-order valence-electron chi connectivity index (χ0n) is 8.10. The molecule has 1 atom stereocenters. The summed E-state index contributed by atoms with van der Waals surface area (Å²) in [6.45, 7) is 0.414. The van der Waals surface area contributed by atoms with Crippen LogP contribution in [0.15, 0.2) is 18.3 Å². The largest absolute Gasteiger partial charge is 0.399 e. The van der Waals surface area contributed by atoms with Crippen molar-refractivity contribution in [3.05, 3.63) is 18.3 Å². The highest BCUT2D eigenvalue weighted by Crippen LogP contribution is 2.08. The zero-order chi connectivity index (χ0) is 10.4. The second-order valence-electron chi connectivity index (χ2n) is 2.95. The van der Waals surface area contributed by atoms with Crippen molar-refractivity contribution in [2.45, 2.75) is 6.04 Å². The van der Waals surface area contributed by atoms with Crippen molar-refractivity contribution in [2.75, 3.05) is 31.4 Å². The fourth-order valence-electron chi connectivity index (χ4n) is 1.08. The van der Waals surface area contributed by atoms with Gasteiger partial charge in [-0.2, -0.15) is 0 Å². The number of nitrogens with two attached hydrogens (primary N) is 1. The van der Waals surface area contributed by atoms with Gasteiger partial charge in [-0.3, -0.25) is 0 Å². The van der Waals surface area contributed by atoms with Crippen LogP contribution in [0.4, 0.5) is 11.5 Å². The third-order valence-electron chi connectivity index (χ3n) is 1.72. The topological polar surface area (TPSA) is 80.4 Å². The molecule has 1 aromatic heterocycles. The minimum Gasteiger partial charge on any atom is -0.399 e. The first-order valence-corrected chi connectivity index (χ1v) is 4.34. The molecule has 0 saturated carbocycles. The molecule has 0 fully saturated rings. The number of nitrogen functional groups attached to an aromatic ring is 1. The summed E-state index contributed by atoms with van der Waals surface area (Å²) in [4.78, 5) is 4.05. The number of anilines is 2. The molecule has 0 spiro atoms. The second kappa shape index (κ2) is 5.41. The van der Waals surface area contributed by atoms with Gasteiger partial charge in [-0.15, -0.1) is 0 Å². The molecule has 0 radical (unpaired) electrons. The Kier molecular flexibility index (Phi) is 4.15. The average Bonchev–Trinajstić information content (AvgIpc) is 2.17. The van der Waals surface area contributed by atoms with Gasteiger partial charge in [0.15, 0.2) is 0 Å². The predicted octanol–water partition coefficient (Wildman–Crippen LogP) is 0.0830. The molecule has 0 amide bonds. The summed E-state index contributed by atoms with van der Waals surface area (Å²) in [5, 5.41) is 12.0. The average molecular weight is 197 g/mol. The fraction of sp³-hybridized carbons (Fsp3) is 0.444. The van der Waals surface area contributed by atoms with Crippen LogP contribution in [-0.2, 0) is 4.74 Å². The van der Waals surface area contributed by atoms with Gasteiger partial charge in [-0.1, -0.05) is 0 Å². The van der Waals surface area contributed by atoms with Gasteiger partial charge in [0.2, 0.25) is 0 Å². The first-order chi connectivity index (χ1) is 6.76. The number of aliphatic hydroxyl groups is 1. The van der Waals surface area contributed by atoms with E-state index in [4.69, 9.17) is 15.6 Å². The number of rotatable bonds is 5. The van der Waals surface area contributed by atoms with Gasteiger partial charge >= 0.3 is 0 Å². The third-order valence-corrected chi connectivity index (χ3v) is 1.72. The van der Waals surface area contributed by atoms with E-state index < -0.39 is 0 Å². The van der Waals surface area contributed by atoms with Crippen LogP contribution in [-0.4, -0.2) is 36.5 Å². The molecule has 1 unspecified atom stereocenters. The lowest BCUT2D eigenvalue weighted by Gasteiger charge is -2.15. The molecule has 0 saturated heterocycles. The Balaban J connectivity index is 2.57. The maximum Gasteiger partial charge on any atom is 0.128 e. The molecule has 78 valence electrons. The summed E-state index contributed by atoms with van der Waals surface area (Å²) in [6.07, 6.45) is 1.61. The smallest absolute Gasteiger partial charge is 0.128 e. The molecule has 4 N–H and O–H groups in total. The number of hydrogen-bond donors (Lipinski definition) is 3. The van der Waals surface area contributed by atoms with E-state index in [2.05, 4.69) is 10.3 Å². The number of aliphatic hydroxyl groups excluding tert-OH is 1. The van der Waals surface area contributed by atoms with Crippen LogP contribution in [0.3, 0.4) is 0 Å². The monoisotopic (exact) mass is 197 g/mol. The molecule has 0 aliphatic carbocycles. The maximum atomic E-state index is 8.99. The normalized spacial score (nSPS) is 12.4. The van der Waals surface area contributed by atoms with E-state index in [-0.39, 0.29) is 12.6 Å². The number of aromatic nitrogens is 1. The van der Waals surface area contributed by atoms with Crippen LogP contribution in [0.1, 0.15) is 0 Å². The highest BCUT2D eigenvalue weighted by Gasteiger charge is 2.06. The first kappa shape index (κ1) is 10.7. The van der Waals surface area contributed by atoms with E-state index >= 15 is 0 Å². The highest BCUT2D eigenvalue weighted by molar-refractivity contribution is 5.48. The molecule has 0 bridgehead atoms. The lowest BCUT2D eigenvalue weighted by Crippen LogP contribution is -2.29. The molecule has 14 heavy (non-hydrogen) atoms. The number of nitrogens with one attached hydrogen (secondary N) is 1. The lowest BCUT2D eigenvalue weighted by atomic mass is 10.3. The summed E-state index contributed by atoms with van der Waals surface area (Å²) in [6, 6.07) is 3.25. The summed E-state index contributed by atoms with van der Waals surface area (Å²) in [7, 11) is 1.58. The first-order valence-electron chi connectivity index (χ1n) is 4.34. The van der Waals surface area contributed by atoms with Crippen molar-refractivity contribution in [2.24, 2.45) is 0 Å². The third kappa shape index (κ3) is 3.20. The van der Waals surface area contributed by atoms with Gasteiger partial charge < -0.3 is 20.9 Å². The van der Waals surface area contributed by atoms with Crippen molar-refractivity contribution in [3.63, 3.8) is 0 Å². The number of nitrogens with zero attached hydrogens (tertiary/aromatic N) is 1. The number of pyridine rings is 1. The van der Waals surface area contributed by atoms with Crippen LogP contribution in [0.2, 0.25) is 0 Å². The molecular weight excluding hydrogens is 182 g/mol. The molecule has 5 heteroatoms. The predicted molar refractivity (Wildman–Crippen MR) is 55.0 cm³/mol. The Morgan fingerprint density at radius 1 is 1.71 bits per heavy atom. The Labute approximate surface area is 82.9 Å². The molecular formula is C9H15N3O2. The standard InChI is InChI=1S/C9H15N3O2/c1-14-6-8(5-13)12-9-4-7(10)2-3-11-9/h2-4,8,13H,5-6H2,1H3,(H3,10,11,12). The van der Waals surface area contributed by atoms with E-state index in [1.165, 1.54) is 0 Å². The van der Waals surface area contributed by atoms with Gasteiger partial charge in [0.1, 0.15) is 5.82 Å². The Bertz CT molecular complexity index is 281. The number of hydrogen-bond acceptors (Lipinski definition) is 5. The number of ether oxygens (including phenoxy) is 1. The maximum absolute atomic E-state index is 8.99. The van der Waals surface area contributed by atoms with E-state index in [1.54, 1.807) is 25.4 Å². The molecule has 1 heterocycles. The Morgan fingerprint density at radius 3 is 3.07 bits per heavy atom.